The van der Waals surface area contributed by atoms with Gasteiger partial charge in [0.25, 0.3) is 0 Å². The number of hydrogen-bond donors (Lipinski definition) is 3. The molecule has 0 saturated carbocycles. The van der Waals surface area contributed by atoms with E-state index in [0.29, 0.717) is 5.69 Å². The molecule has 0 spiro atoms. The smallest absolute Gasteiger partial charge is 0.324 e. The highest BCUT2D eigenvalue weighted by Gasteiger charge is 2.17. The van der Waals surface area contributed by atoms with Gasteiger partial charge in [-0.2, -0.15) is 10.4 Å². The monoisotopic (exact) mass is 347 g/mol. The Morgan fingerprint density at radius 3 is 2.42 bits per heavy atom. The van der Waals surface area contributed by atoms with Crippen molar-refractivity contribution in [3.63, 3.8) is 0 Å². The molecule has 0 radical (unpaired) electrons. The van der Waals surface area contributed by atoms with E-state index >= 15 is 0 Å². The van der Waals surface area contributed by atoms with Gasteiger partial charge < -0.3 is 10.4 Å². The molecule has 0 fully saturated rings. The number of carbonyl (C=O) groups is 1. The average Bonchev–Trinajstić information content (AvgIpc) is 3.04. The van der Waals surface area contributed by atoms with Crippen LogP contribution in [0.3, 0.4) is 0 Å². The van der Waals surface area contributed by atoms with Crippen molar-refractivity contribution in [2.24, 2.45) is 0 Å². The molecule has 1 unspecified atom stereocenters. The quantitative estimate of drug-likeness (QED) is 0.659. The Balaban J connectivity index is 1.75. The molecule has 7 nitrogen and oxygen atoms in total. The van der Waals surface area contributed by atoms with Crippen molar-refractivity contribution < 1.29 is 9.90 Å². The van der Waals surface area contributed by atoms with Crippen LogP contribution in [0.2, 0.25) is 0 Å². The van der Waals surface area contributed by atoms with Crippen LogP contribution in [0.15, 0.2) is 66.9 Å². The Labute approximate surface area is 150 Å². The van der Waals surface area contributed by atoms with Gasteiger partial charge in [-0.1, -0.05) is 48.5 Å². The number of rotatable bonds is 5. The highest BCUT2D eigenvalue weighted by molar-refractivity contribution is 5.99. The second-order valence-corrected chi connectivity index (χ2v) is 5.57. The number of anilines is 2. The summed E-state index contributed by atoms with van der Waals surface area (Å²) in [6.45, 7) is 0.104. The summed E-state index contributed by atoms with van der Waals surface area (Å²) in [4.78, 5) is 12.2. The van der Waals surface area contributed by atoms with Crippen molar-refractivity contribution in [2.75, 3.05) is 10.6 Å². The molecule has 2 amide bonds. The first-order valence-corrected chi connectivity index (χ1v) is 7.99. The molecule has 3 rings (SSSR count). The molecule has 0 aliphatic rings. The SMILES string of the molecule is N#Cc1cnn(CC(O)c2ccccc2)c1NC(=O)Nc1ccccc1. The van der Waals surface area contributed by atoms with Crippen LogP contribution in [0.5, 0.6) is 0 Å². The summed E-state index contributed by atoms with van der Waals surface area (Å²) in [7, 11) is 0. The van der Waals surface area contributed by atoms with Crippen molar-refractivity contribution >= 4 is 17.5 Å². The highest BCUT2D eigenvalue weighted by atomic mass is 16.3. The first-order valence-electron chi connectivity index (χ1n) is 7.99. The second-order valence-electron chi connectivity index (χ2n) is 5.57. The third-order valence-electron chi connectivity index (χ3n) is 3.75. The summed E-state index contributed by atoms with van der Waals surface area (Å²) >= 11 is 0. The lowest BCUT2D eigenvalue weighted by Gasteiger charge is -2.14. The highest BCUT2D eigenvalue weighted by Crippen LogP contribution is 2.20. The van der Waals surface area contributed by atoms with Gasteiger partial charge in [0.15, 0.2) is 5.82 Å². The number of carbonyl (C=O) groups excluding carboxylic acids is 1. The minimum atomic E-state index is -0.819. The van der Waals surface area contributed by atoms with Crippen molar-refractivity contribution in [3.8, 4) is 6.07 Å². The van der Waals surface area contributed by atoms with Crippen molar-refractivity contribution in [1.29, 1.82) is 5.26 Å². The average molecular weight is 347 g/mol. The lowest BCUT2D eigenvalue weighted by Crippen LogP contribution is -2.23. The van der Waals surface area contributed by atoms with Gasteiger partial charge in [-0.15, -0.1) is 0 Å². The molecule has 1 atom stereocenters. The van der Waals surface area contributed by atoms with E-state index in [1.54, 1.807) is 36.4 Å². The number of benzene rings is 2. The molecule has 2 aromatic carbocycles. The maximum atomic E-state index is 12.2. The van der Waals surface area contributed by atoms with Gasteiger partial charge in [-0.3, -0.25) is 5.32 Å². The van der Waals surface area contributed by atoms with Crippen LogP contribution in [0, 0.1) is 11.3 Å². The summed E-state index contributed by atoms with van der Waals surface area (Å²) < 4.78 is 1.40. The van der Waals surface area contributed by atoms with Gasteiger partial charge in [0.05, 0.1) is 18.8 Å². The molecule has 7 heteroatoms. The minimum Gasteiger partial charge on any atom is -0.386 e. The Kier molecular flexibility index (Phi) is 5.27. The Morgan fingerprint density at radius 2 is 1.77 bits per heavy atom. The number of amides is 2. The first-order chi connectivity index (χ1) is 12.7. The van der Waals surface area contributed by atoms with E-state index in [9.17, 15) is 15.2 Å². The van der Waals surface area contributed by atoms with Gasteiger partial charge in [0.2, 0.25) is 0 Å². The molecule has 3 N–H and O–H groups in total. The van der Waals surface area contributed by atoms with Crippen LogP contribution in [0.4, 0.5) is 16.3 Å². The fourth-order valence-corrected chi connectivity index (χ4v) is 2.47. The topological polar surface area (TPSA) is 103 Å². The zero-order valence-electron chi connectivity index (χ0n) is 13.8. The van der Waals surface area contributed by atoms with E-state index in [0.717, 1.165) is 5.56 Å². The summed E-state index contributed by atoms with van der Waals surface area (Å²) in [5.41, 5.74) is 1.56. The fourth-order valence-electron chi connectivity index (χ4n) is 2.47. The summed E-state index contributed by atoms with van der Waals surface area (Å²) in [6, 6.07) is 19.6. The van der Waals surface area contributed by atoms with Gasteiger partial charge in [0, 0.05) is 5.69 Å². The van der Waals surface area contributed by atoms with Gasteiger partial charge in [-0.25, -0.2) is 9.48 Å². The molecule has 0 aliphatic heterocycles. The van der Waals surface area contributed by atoms with E-state index < -0.39 is 12.1 Å². The number of nitrogens with zero attached hydrogens (tertiary/aromatic N) is 3. The number of aliphatic hydroxyl groups excluding tert-OH is 1. The van der Waals surface area contributed by atoms with E-state index in [1.807, 2.05) is 30.3 Å². The Hall–Kier alpha value is -3.63. The van der Waals surface area contributed by atoms with Crippen molar-refractivity contribution in [2.45, 2.75) is 12.6 Å². The lowest BCUT2D eigenvalue weighted by molar-refractivity contribution is 0.152. The van der Waals surface area contributed by atoms with E-state index in [2.05, 4.69) is 15.7 Å². The molecule has 3 aromatic rings. The lowest BCUT2D eigenvalue weighted by atomic mass is 10.1. The summed E-state index contributed by atoms with van der Waals surface area (Å²) in [5, 5.41) is 29.0. The Morgan fingerprint density at radius 1 is 1.12 bits per heavy atom. The number of urea groups is 1. The van der Waals surface area contributed by atoms with Crippen LogP contribution < -0.4 is 10.6 Å². The van der Waals surface area contributed by atoms with Crippen molar-refractivity contribution in [3.05, 3.63) is 78.0 Å². The third-order valence-corrected chi connectivity index (χ3v) is 3.75. The number of nitrogens with one attached hydrogen (secondary N) is 2. The van der Waals surface area contributed by atoms with Gasteiger partial charge in [-0.05, 0) is 17.7 Å². The standard InChI is InChI=1S/C19H17N5O2/c20-11-15-12-21-24(13-17(25)14-7-3-1-4-8-14)18(15)23-19(26)22-16-9-5-2-6-10-16/h1-10,12,17,25H,13H2,(H2,22,23,26). The van der Waals surface area contributed by atoms with E-state index in [4.69, 9.17) is 0 Å². The molecular weight excluding hydrogens is 330 g/mol. The second kappa shape index (κ2) is 7.96. The van der Waals surface area contributed by atoms with Crippen LogP contribution in [-0.2, 0) is 6.54 Å². The molecule has 0 saturated heterocycles. The molecule has 130 valence electrons. The molecule has 0 aliphatic carbocycles. The van der Waals surface area contributed by atoms with Crippen LogP contribution in [0.1, 0.15) is 17.2 Å². The maximum Gasteiger partial charge on any atom is 0.324 e. The molecule has 1 aromatic heterocycles. The first kappa shape index (κ1) is 17.2. The van der Waals surface area contributed by atoms with Crippen LogP contribution in [-0.4, -0.2) is 20.9 Å². The molecular formula is C19H17N5O2. The number of nitriles is 1. The van der Waals surface area contributed by atoms with Crippen molar-refractivity contribution in [1.82, 2.24) is 9.78 Å². The van der Waals surface area contributed by atoms with Crippen LogP contribution >= 0.6 is 0 Å². The third kappa shape index (κ3) is 4.06. The molecule has 26 heavy (non-hydrogen) atoms. The van der Waals surface area contributed by atoms with Gasteiger partial charge >= 0.3 is 6.03 Å². The number of hydrogen-bond acceptors (Lipinski definition) is 4. The zero-order chi connectivity index (χ0) is 18.4. The summed E-state index contributed by atoms with van der Waals surface area (Å²) in [5.74, 6) is 0.232. The predicted octanol–water partition coefficient (Wildman–Crippen LogP) is 3.13. The fraction of sp³-hybridized carbons (Fsp3) is 0.105. The number of aliphatic hydroxyl groups is 1. The number of para-hydroxylation sites is 1. The maximum absolute atomic E-state index is 12.2. The molecule has 1 heterocycles. The predicted molar refractivity (Wildman–Crippen MR) is 97.4 cm³/mol. The Bertz CT molecular complexity index is 916. The van der Waals surface area contributed by atoms with Crippen LogP contribution in [0.25, 0.3) is 0 Å². The molecule has 0 bridgehead atoms. The largest absolute Gasteiger partial charge is 0.386 e. The zero-order valence-corrected chi connectivity index (χ0v) is 13.8. The summed E-state index contributed by atoms with van der Waals surface area (Å²) in [6.07, 6.45) is 0.538. The van der Waals surface area contributed by atoms with Gasteiger partial charge in [0.1, 0.15) is 11.6 Å². The van der Waals surface area contributed by atoms with E-state index in [-0.39, 0.29) is 17.9 Å². The number of aromatic nitrogens is 2. The normalized spacial score (nSPS) is 11.4. The minimum absolute atomic E-state index is 0.104. The van der Waals surface area contributed by atoms with E-state index in [1.165, 1.54) is 10.9 Å².